The molecule has 4 nitrogen and oxygen atoms in total. The third-order valence-electron chi connectivity index (χ3n) is 4.18. The molecule has 0 aromatic carbocycles. The van der Waals surface area contributed by atoms with Gasteiger partial charge in [0.15, 0.2) is 0 Å². The predicted molar refractivity (Wildman–Crippen MR) is 81.5 cm³/mol. The first-order valence-electron chi connectivity index (χ1n) is 7.33. The van der Waals surface area contributed by atoms with Crippen molar-refractivity contribution < 1.29 is 9.53 Å². The molecule has 1 atom stereocenters. The first-order valence-corrected chi connectivity index (χ1v) is 7.33. The van der Waals surface area contributed by atoms with Crippen LogP contribution < -0.4 is 0 Å². The number of aromatic nitrogens is 1. The summed E-state index contributed by atoms with van der Waals surface area (Å²) in [5.41, 5.74) is 0.733. The second kappa shape index (κ2) is 7.24. The second-order valence-electron chi connectivity index (χ2n) is 5.64. The second-order valence-corrected chi connectivity index (χ2v) is 5.64. The van der Waals surface area contributed by atoms with Crippen LogP contribution in [0.2, 0.25) is 0 Å². The molecule has 1 fully saturated rings. The zero-order chi connectivity index (χ0) is 15.1. The first-order chi connectivity index (χ1) is 10.2. The van der Waals surface area contributed by atoms with Crippen LogP contribution in [0.3, 0.4) is 0 Å². The number of pyridine rings is 1. The van der Waals surface area contributed by atoms with Gasteiger partial charge in [-0.3, -0.25) is 9.78 Å². The summed E-state index contributed by atoms with van der Waals surface area (Å²) in [6.07, 6.45) is 12.3. The summed E-state index contributed by atoms with van der Waals surface area (Å²) < 4.78 is 4.99. The fraction of sp³-hybridized carbons (Fsp3) is 0.529. The molecule has 21 heavy (non-hydrogen) atoms. The highest BCUT2D eigenvalue weighted by Crippen LogP contribution is 2.34. The maximum Gasteiger partial charge on any atom is 0.314 e. The molecule has 0 N–H and O–H groups in total. The van der Waals surface area contributed by atoms with E-state index in [4.69, 9.17) is 11.2 Å². The van der Waals surface area contributed by atoms with Crippen LogP contribution in [-0.2, 0) is 16.0 Å². The van der Waals surface area contributed by atoms with Crippen molar-refractivity contribution in [2.24, 2.45) is 5.41 Å². The minimum absolute atomic E-state index is 0.172. The Morgan fingerprint density at radius 3 is 2.95 bits per heavy atom. The Morgan fingerprint density at radius 2 is 2.29 bits per heavy atom. The monoisotopic (exact) mass is 286 g/mol. The standard InChI is InChI=1S/C17H22N2O2/c1-3-8-17(16(20)21-2)9-4-12-19(14-17)13-7-15-5-10-18-11-6-15/h1,5-6,10-11H,4,7-9,12-14H2,2H3. The number of terminal acetylenes is 1. The molecule has 0 saturated carbocycles. The Morgan fingerprint density at radius 1 is 1.52 bits per heavy atom. The van der Waals surface area contributed by atoms with Gasteiger partial charge in [0, 0.05) is 31.9 Å². The lowest BCUT2D eigenvalue weighted by Crippen LogP contribution is -2.48. The van der Waals surface area contributed by atoms with Crippen molar-refractivity contribution in [2.75, 3.05) is 26.7 Å². The fourth-order valence-electron chi connectivity index (χ4n) is 3.05. The van der Waals surface area contributed by atoms with Crippen molar-refractivity contribution in [2.45, 2.75) is 25.7 Å². The van der Waals surface area contributed by atoms with Crippen LogP contribution in [0.5, 0.6) is 0 Å². The van der Waals surface area contributed by atoms with Gasteiger partial charge in [-0.15, -0.1) is 12.3 Å². The third kappa shape index (κ3) is 3.83. The Bertz CT molecular complexity index is 509. The van der Waals surface area contributed by atoms with E-state index in [2.05, 4.69) is 15.8 Å². The Kier molecular flexibility index (Phi) is 5.35. The zero-order valence-electron chi connectivity index (χ0n) is 12.5. The highest BCUT2D eigenvalue weighted by atomic mass is 16.5. The number of rotatable bonds is 5. The van der Waals surface area contributed by atoms with Gasteiger partial charge in [-0.1, -0.05) is 0 Å². The topological polar surface area (TPSA) is 42.4 Å². The molecule has 1 aromatic heterocycles. The minimum atomic E-state index is -0.528. The molecule has 0 bridgehead atoms. The number of hydrogen-bond donors (Lipinski definition) is 0. The van der Waals surface area contributed by atoms with E-state index >= 15 is 0 Å². The van der Waals surface area contributed by atoms with Gasteiger partial charge in [0.1, 0.15) is 0 Å². The minimum Gasteiger partial charge on any atom is -0.469 e. The number of methoxy groups -OCH3 is 1. The Hall–Kier alpha value is -1.86. The van der Waals surface area contributed by atoms with Crippen molar-refractivity contribution in [1.82, 2.24) is 9.88 Å². The number of hydrogen-bond acceptors (Lipinski definition) is 4. The van der Waals surface area contributed by atoms with Crippen LogP contribution >= 0.6 is 0 Å². The molecule has 4 heteroatoms. The molecule has 1 aliphatic rings. The number of esters is 1. The highest BCUT2D eigenvalue weighted by molar-refractivity contribution is 5.77. The average molecular weight is 286 g/mol. The number of likely N-dealkylation sites (tertiary alicyclic amines) is 1. The predicted octanol–water partition coefficient (Wildman–Crippen LogP) is 1.90. The summed E-state index contributed by atoms with van der Waals surface area (Å²) in [7, 11) is 1.44. The maximum absolute atomic E-state index is 12.1. The lowest BCUT2D eigenvalue weighted by molar-refractivity contribution is -0.156. The van der Waals surface area contributed by atoms with Gasteiger partial charge in [0.2, 0.25) is 0 Å². The molecule has 1 saturated heterocycles. The van der Waals surface area contributed by atoms with E-state index in [0.717, 1.165) is 32.4 Å². The van der Waals surface area contributed by atoms with Crippen molar-refractivity contribution >= 4 is 5.97 Å². The van der Waals surface area contributed by atoms with Gasteiger partial charge in [-0.05, 0) is 43.5 Å². The Balaban J connectivity index is 1.99. The molecule has 1 unspecified atom stereocenters. The molecule has 2 heterocycles. The molecular formula is C17H22N2O2. The van der Waals surface area contributed by atoms with Gasteiger partial charge < -0.3 is 9.64 Å². The molecule has 2 rings (SSSR count). The van der Waals surface area contributed by atoms with Gasteiger partial charge in [-0.25, -0.2) is 0 Å². The summed E-state index contributed by atoms with van der Waals surface area (Å²) in [4.78, 5) is 18.5. The van der Waals surface area contributed by atoms with Gasteiger partial charge in [0.25, 0.3) is 0 Å². The lowest BCUT2D eigenvalue weighted by atomic mass is 9.77. The van der Waals surface area contributed by atoms with E-state index in [-0.39, 0.29) is 5.97 Å². The zero-order valence-corrected chi connectivity index (χ0v) is 12.5. The van der Waals surface area contributed by atoms with E-state index < -0.39 is 5.41 Å². The molecule has 1 aromatic rings. The molecule has 0 radical (unpaired) electrons. The van der Waals surface area contributed by atoms with Crippen LogP contribution in [0.4, 0.5) is 0 Å². The quantitative estimate of drug-likeness (QED) is 0.612. The first kappa shape index (κ1) is 15.5. The molecular weight excluding hydrogens is 264 g/mol. The Labute approximate surface area is 126 Å². The van der Waals surface area contributed by atoms with E-state index in [1.165, 1.54) is 12.7 Å². The summed E-state index contributed by atoms with van der Waals surface area (Å²) >= 11 is 0. The SMILES string of the molecule is C#CCC1(C(=O)OC)CCCN(CCc2ccncc2)C1. The summed E-state index contributed by atoms with van der Waals surface area (Å²) in [5, 5.41) is 0. The highest BCUT2D eigenvalue weighted by Gasteiger charge is 2.42. The molecule has 0 amide bonds. The smallest absolute Gasteiger partial charge is 0.314 e. The number of carbonyl (C=O) groups is 1. The third-order valence-corrected chi connectivity index (χ3v) is 4.18. The van der Waals surface area contributed by atoms with Gasteiger partial charge >= 0.3 is 5.97 Å². The molecule has 112 valence electrons. The molecule has 0 aliphatic carbocycles. The van der Waals surface area contributed by atoms with E-state index in [0.29, 0.717) is 13.0 Å². The normalized spacial score (nSPS) is 22.5. The number of carbonyl (C=O) groups excluding carboxylic acids is 1. The lowest BCUT2D eigenvalue weighted by Gasteiger charge is -2.39. The number of piperidine rings is 1. The molecule has 1 aliphatic heterocycles. The maximum atomic E-state index is 12.1. The van der Waals surface area contributed by atoms with Crippen molar-refractivity contribution in [3.8, 4) is 12.3 Å². The van der Waals surface area contributed by atoms with Crippen LogP contribution in [0.25, 0.3) is 0 Å². The van der Waals surface area contributed by atoms with Crippen LogP contribution in [0.15, 0.2) is 24.5 Å². The van der Waals surface area contributed by atoms with Crippen molar-refractivity contribution in [1.29, 1.82) is 0 Å². The number of ether oxygens (including phenoxy) is 1. The number of nitrogens with zero attached hydrogens (tertiary/aromatic N) is 2. The van der Waals surface area contributed by atoms with Crippen LogP contribution in [-0.4, -0.2) is 42.6 Å². The summed E-state index contributed by atoms with van der Waals surface area (Å²) in [6.45, 7) is 2.62. The summed E-state index contributed by atoms with van der Waals surface area (Å²) in [5.74, 6) is 2.48. The van der Waals surface area contributed by atoms with Crippen molar-refractivity contribution in [3.05, 3.63) is 30.1 Å². The van der Waals surface area contributed by atoms with E-state index in [9.17, 15) is 4.79 Å². The van der Waals surface area contributed by atoms with Crippen molar-refractivity contribution in [3.63, 3.8) is 0 Å². The van der Waals surface area contributed by atoms with Gasteiger partial charge in [0.05, 0.1) is 12.5 Å². The van der Waals surface area contributed by atoms with Gasteiger partial charge in [-0.2, -0.15) is 0 Å². The van der Waals surface area contributed by atoms with Crippen LogP contribution in [0, 0.1) is 17.8 Å². The van der Waals surface area contributed by atoms with E-state index in [1.807, 2.05) is 24.5 Å². The largest absolute Gasteiger partial charge is 0.469 e. The van der Waals surface area contributed by atoms with Crippen LogP contribution in [0.1, 0.15) is 24.8 Å². The van der Waals surface area contributed by atoms with E-state index in [1.54, 1.807) is 0 Å². The fourth-order valence-corrected chi connectivity index (χ4v) is 3.05. The molecule has 0 spiro atoms. The summed E-state index contributed by atoms with van der Waals surface area (Å²) in [6, 6.07) is 4.05. The average Bonchev–Trinajstić information content (AvgIpc) is 2.54.